The molecule has 0 saturated heterocycles. The Morgan fingerprint density at radius 3 is 2.00 bits per heavy atom. The van der Waals surface area contributed by atoms with Crippen molar-refractivity contribution in [2.75, 3.05) is 6.61 Å². The minimum absolute atomic E-state index is 0.258. The lowest BCUT2D eigenvalue weighted by Crippen LogP contribution is -2.03. The Morgan fingerprint density at radius 1 is 0.778 bits per heavy atom. The third-order valence-electron chi connectivity index (χ3n) is 3.37. The van der Waals surface area contributed by atoms with Crippen LogP contribution in [0.15, 0.2) is 60.7 Å². The van der Waals surface area contributed by atoms with E-state index in [9.17, 15) is 5.11 Å². The van der Waals surface area contributed by atoms with Crippen LogP contribution in [0.3, 0.4) is 0 Å². The quantitative estimate of drug-likeness (QED) is 0.814. The Morgan fingerprint density at radius 2 is 1.39 bits per heavy atom. The van der Waals surface area contributed by atoms with Crippen molar-refractivity contribution < 1.29 is 5.11 Å². The van der Waals surface area contributed by atoms with Crippen LogP contribution in [0.1, 0.15) is 29.9 Å². The summed E-state index contributed by atoms with van der Waals surface area (Å²) in [6, 6.07) is 21.0. The van der Waals surface area contributed by atoms with Crippen LogP contribution in [-0.2, 0) is 6.42 Å². The van der Waals surface area contributed by atoms with E-state index < -0.39 is 0 Å². The van der Waals surface area contributed by atoms with Crippen molar-refractivity contribution in [3.8, 4) is 0 Å². The molecule has 2 aromatic carbocycles. The number of rotatable bonds is 6. The number of hydrogen-bond acceptors (Lipinski definition) is 1. The monoisotopic (exact) mass is 240 g/mol. The molecule has 1 atom stereocenters. The van der Waals surface area contributed by atoms with Gasteiger partial charge in [-0.25, -0.2) is 0 Å². The molecule has 1 N–H and O–H groups in total. The summed E-state index contributed by atoms with van der Waals surface area (Å²) >= 11 is 0. The molecule has 1 nitrogen and oxygen atoms in total. The van der Waals surface area contributed by atoms with Gasteiger partial charge in [0.1, 0.15) is 0 Å². The fourth-order valence-electron chi connectivity index (χ4n) is 2.34. The first-order valence-corrected chi connectivity index (χ1v) is 6.60. The molecule has 2 aromatic rings. The van der Waals surface area contributed by atoms with Crippen molar-refractivity contribution in [3.63, 3.8) is 0 Å². The van der Waals surface area contributed by atoms with Crippen molar-refractivity contribution in [2.24, 2.45) is 0 Å². The molecule has 18 heavy (non-hydrogen) atoms. The lowest BCUT2D eigenvalue weighted by molar-refractivity contribution is 0.272. The van der Waals surface area contributed by atoms with Gasteiger partial charge >= 0.3 is 0 Å². The van der Waals surface area contributed by atoms with Gasteiger partial charge in [-0.05, 0) is 36.3 Å². The maximum Gasteiger partial charge on any atom is 0.0436 e. The Labute approximate surface area is 109 Å². The topological polar surface area (TPSA) is 20.2 Å². The molecule has 0 fully saturated rings. The summed E-state index contributed by atoms with van der Waals surface area (Å²) in [5.74, 6) is 0.455. The Kier molecular flexibility index (Phi) is 4.98. The first-order chi connectivity index (χ1) is 8.90. The van der Waals surface area contributed by atoms with Crippen LogP contribution in [0, 0.1) is 0 Å². The maximum absolute atomic E-state index is 9.20. The van der Waals surface area contributed by atoms with Crippen molar-refractivity contribution in [2.45, 2.75) is 25.2 Å². The van der Waals surface area contributed by atoms with Gasteiger partial charge in [-0.1, -0.05) is 60.7 Å². The molecule has 0 unspecified atom stereocenters. The van der Waals surface area contributed by atoms with Crippen molar-refractivity contribution in [3.05, 3.63) is 71.8 Å². The van der Waals surface area contributed by atoms with Crippen LogP contribution in [0.25, 0.3) is 0 Å². The minimum atomic E-state index is 0.258. The fourth-order valence-corrected chi connectivity index (χ4v) is 2.34. The standard InChI is InChI=1S/C17H20O/c18-14-13-17(16-9-5-2-6-10-16)12-11-15-7-3-1-4-8-15/h1-10,17-18H,11-14H2/t17-/m1/s1. The summed E-state index contributed by atoms with van der Waals surface area (Å²) < 4.78 is 0. The van der Waals surface area contributed by atoms with Crippen LogP contribution in [0.4, 0.5) is 0 Å². The lowest BCUT2D eigenvalue weighted by atomic mass is 9.90. The van der Waals surface area contributed by atoms with Crippen LogP contribution in [0.5, 0.6) is 0 Å². The third-order valence-corrected chi connectivity index (χ3v) is 3.37. The van der Waals surface area contributed by atoms with E-state index >= 15 is 0 Å². The minimum Gasteiger partial charge on any atom is -0.396 e. The fraction of sp³-hybridized carbons (Fsp3) is 0.294. The molecule has 0 aliphatic heterocycles. The second-order valence-corrected chi connectivity index (χ2v) is 4.64. The largest absolute Gasteiger partial charge is 0.396 e. The molecule has 2 rings (SSSR count). The third kappa shape index (κ3) is 3.71. The molecule has 0 amide bonds. The van der Waals surface area contributed by atoms with Gasteiger partial charge in [-0.3, -0.25) is 0 Å². The van der Waals surface area contributed by atoms with Crippen molar-refractivity contribution in [1.29, 1.82) is 0 Å². The molecule has 0 aliphatic rings. The first kappa shape index (κ1) is 12.8. The molecule has 0 radical (unpaired) electrons. The van der Waals surface area contributed by atoms with Crippen LogP contribution < -0.4 is 0 Å². The zero-order chi connectivity index (χ0) is 12.6. The second-order valence-electron chi connectivity index (χ2n) is 4.64. The number of aryl methyl sites for hydroxylation is 1. The Hall–Kier alpha value is -1.60. The van der Waals surface area contributed by atoms with Gasteiger partial charge in [0.15, 0.2) is 0 Å². The van der Waals surface area contributed by atoms with Crippen molar-refractivity contribution >= 4 is 0 Å². The summed E-state index contributed by atoms with van der Waals surface area (Å²) in [5, 5.41) is 9.20. The summed E-state index contributed by atoms with van der Waals surface area (Å²) in [5.41, 5.74) is 2.71. The summed E-state index contributed by atoms with van der Waals surface area (Å²) in [4.78, 5) is 0. The summed E-state index contributed by atoms with van der Waals surface area (Å²) in [7, 11) is 0. The first-order valence-electron chi connectivity index (χ1n) is 6.60. The van der Waals surface area contributed by atoms with Gasteiger partial charge in [0, 0.05) is 6.61 Å². The van der Waals surface area contributed by atoms with E-state index in [0.717, 1.165) is 19.3 Å². The van der Waals surface area contributed by atoms with Crippen LogP contribution >= 0.6 is 0 Å². The van der Waals surface area contributed by atoms with E-state index in [-0.39, 0.29) is 6.61 Å². The molecule has 0 aromatic heterocycles. The zero-order valence-corrected chi connectivity index (χ0v) is 10.6. The van der Waals surface area contributed by atoms with E-state index in [1.807, 2.05) is 12.1 Å². The maximum atomic E-state index is 9.20. The molecule has 0 heterocycles. The molecule has 0 aliphatic carbocycles. The lowest BCUT2D eigenvalue weighted by Gasteiger charge is -2.16. The normalized spacial score (nSPS) is 12.3. The summed E-state index contributed by atoms with van der Waals surface area (Å²) in [6.45, 7) is 0.258. The highest BCUT2D eigenvalue weighted by Gasteiger charge is 2.10. The molecule has 0 spiro atoms. The number of aliphatic hydroxyl groups is 1. The van der Waals surface area contributed by atoms with E-state index in [1.165, 1.54) is 11.1 Å². The molecule has 0 saturated carbocycles. The SMILES string of the molecule is OCC[C@@H](CCc1ccccc1)c1ccccc1. The molecular formula is C17H20O. The highest BCUT2D eigenvalue weighted by Crippen LogP contribution is 2.24. The van der Waals surface area contributed by atoms with Gasteiger partial charge in [-0.15, -0.1) is 0 Å². The van der Waals surface area contributed by atoms with Gasteiger partial charge < -0.3 is 5.11 Å². The molecule has 1 heteroatoms. The zero-order valence-electron chi connectivity index (χ0n) is 10.6. The summed E-state index contributed by atoms with van der Waals surface area (Å²) in [6.07, 6.45) is 3.01. The predicted octanol–water partition coefficient (Wildman–Crippen LogP) is 3.79. The van der Waals surface area contributed by atoms with Crippen LogP contribution in [0.2, 0.25) is 0 Å². The highest BCUT2D eigenvalue weighted by molar-refractivity contribution is 5.21. The highest BCUT2D eigenvalue weighted by atomic mass is 16.3. The number of benzene rings is 2. The predicted molar refractivity (Wildman–Crippen MR) is 75.6 cm³/mol. The van der Waals surface area contributed by atoms with E-state index in [4.69, 9.17) is 0 Å². The average Bonchev–Trinajstić information content (AvgIpc) is 2.45. The van der Waals surface area contributed by atoms with E-state index in [2.05, 4.69) is 48.5 Å². The van der Waals surface area contributed by atoms with E-state index in [0.29, 0.717) is 5.92 Å². The number of hydrogen-bond donors (Lipinski definition) is 1. The van der Waals surface area contributed by atoms with Gasteiger partial charge in [-0.2, -0.15) is 0 Å². The van der Waals surface area contributed by atoms with E-state index in [1.54, 1.807) is 0 Å². The van der Waals surface area contributed by atoms with Crippen molar-refractivity contribution in [1.82, 2.24) is 0 Å². The Balaban J connectivity index is 1.99. The number of aliphatic hydroxyl groups excluding tert-OH is 1. The molecule has 0 bridgehead atoms. The van der Waals surface area contributed by atoms with Gasteiger partial charge in [0.05, 0.1) is 0 Å². The average molecular weight is 240 g/mol. The van der Waals surface area contributed by atoms with Gasteiger partial charge in [0.25, 0.3) is 0 Å². The molecular weight excluding hydrogens is 220 g/mol. The van der Waals surface area contributed by atoms with Crippen LogP contribution in [-0.4, -0.2) is 11.7 Å². The van der Waals surface area contributed by atoms with Gasteiger partial charge in [0.2, 0.25) is 0 Å². The smallest absolute Gasteiger partial charge is 0.0436 e. The second kappa shape index (κ2) is 6.97. The molecule has 94 valence electrons. The Bertz CT molecular complexity index is 436.